The minimum absolute atomic E-state index is 0.0185. The van der Waals surface area contributed by atoms with Gasteiger partial charge < -0.3 is 19.3 Å². The minimum Gasteiger partial charge on any atom is -0.493 e. The van der Waals surface area contributed by atoms with E-state index in [-0.39, 0.29) is 5.91 Å². The molecule has 6 heteroatoms. The average molecular weight is 447 g/mol. The van der Waals surface area contributed by atoms with Crippen LogP contribution in [-0.2, 0) is 0 Å². The lowest BCUT2D eigenvalue weighted by molar-refractivity contribution is 0.0746. The number of methoxy groups -OCH3 is 1. The van der Waals surface area contributed by atoms with E-state index in [1.807, 2.05) is 11.0 Å². The van der Waals surface area contributed by atoms with Crippen LogP contribution in [0.5, 0.6) is 11.5 Å². The van der Waals surface area contributed by atoms with Crippen LogP contribution in [0.3, 0.4) is 0 Å². The van der Waals surface area contributed by atoms with Crippen molar-refractivity contribution in [2.45, 2.75) is 20.3 Å². The highest BCUT2D eigenvalue weighted by Crippen LogP contribution is 2.37. The number of ether oxygens (including phenoxy) is 2. The average Bonchev–Trinajstić information content (AvgIpc) is 2.72. The van der Waals surface area contributed by atoms with Crippen molar-refractivity contribution < 1.29 is 14.3 Å². The van der Waals surface area contributed by atoms with Gasteiger partial charge in [0.05, 0.1) is 18.2 Å². The Balaban J connectivity index is 1.70. The highest BCUT2D eigenvalue weighted by molar-refractivity contribution is 9.10. The van der Waals surface area contributed by atoms with Gasteiger partial charge in [0.2, 0.25) is 0 Å². The largest absolute Gasteiger partial charge is 0.493 e. The van der Waals surface area contributed by atoms with E-state index in [2.05, 4.69) is 58.9 Å². The Labute approximate surface area is 175 Å². The van der Waals surface area contributed by atoms with Gasteiger partial charge >= 0.3 is 0 Å². The summed E-state index contributed by atoms with van der Waals surface area (Å²) in [6.07, 6.45) is 0.904. The quantitative estimate of drug-likeness (QED) is 0.653. The fraction of sp³-hybridized carbons (Fsp3) is 0.409. The fourth-order valence-electron chi connectivity index (χ4n) is 3.36. The zero-order valence-electron chi connectivity index (χ0n) is 16.7. The summed E-state index contributed by atoms with van der Waals surface area (Å²) >= 11 is 3.52. The molecule has 3 rings (SSSR count). The molecule has 1 aliphatic heterocycles. The number of aryl methyl sites for hydroxylation is 1. The predicted octanol–water partition coefficient (Wildman–Crippen LogP) is 4.52. The monoisotopic (exact) mass is 446 g/mol. The number of hydrogen-bond donors (Lipinski definition) is 0. The summed E-state index contributed by atoms with van der Waals surface area (Å²) in [5.41, 5.74) is 3.07. The number of carbonyl (C=O) groups is 1. The molecule has 2 aromatic rings. The summed E-state index contributed by atoms with van der Waals surface area (Å²) in [5.74, 6) is 1.24. The molecule has 1 heterocycles. The van der Waals surface area contributed by atoms with Crippen molar-refractivity contribution in [1.29, 1.82) is 0 Å². The van der Waals surface area contributed by atoms with Gasteiger partial charge in [0.15, 0.2) is 11.5 Å². The molecule has 0 atom stereocenters. The fourth-order valence-corrected chi connectivity index (χ4v) is 3.92. The maximum atomic E-state index is 13.0. The van der Waals surface area contributed by atoms with Crippen molar-refractivity contribution in [3.63, 3.8) is 0 Å². The Morgan fingerprint density at radius 1 is 1.14 bits per heavy atom. The number of amides is 1. The standard InChI is InChI=1S/C22H27BrN2O3/c1-4-12-28-21-19(23)14-17(15-20(21)27-3)22(26)25-10-8-24(9-11-25)18-7-5-6-16(2)13-18/h5-7,13-15H,4,8-12H2,1-3H3. The third-order valence-corrected chi connectivity index (χ3v) is 5.45. The molecule has 28 heavy (non-hydrogen) atoms. The molecule has 1 aliphatic rings. The van der Waals surface area contributed by atoms with Gasteiger partial charge in [0.25, 0.3) is 5.91 Å². The summed E-state index contributed by atoms with van der Waals surface area (Å²) in [7, 11) is 1.59. The summed E-state index contributed by atoms with van der Waals surface area (Å²) in [6, 6.07) is 12.1. The second kappa shape index (κ2) is 9.32. The van der Waals surface area contributed by atoms with Gasteiger partial charge in [-0.05, 0) is 59.1 Å². The smallest absolute Gasteiger partial charge is 0.254 e. The molecule has 2 aromatic carbocycles. The SMILES string of the molecule is CCCOc1c(Br)cc(C(=O)N2CCN(c3cccc(C)c3)CC2)cc1OC. The van der Waals surface area contributed by atoms with E-state index in [9.17, 15) is 4.79 Å². The predicted molar refractivity (Wildman–Crippen MR) is 116 cm³/mol. The van der Waals surface area contributed by atoms with Crippen molar-refractivity contribution >= 4 is 27.5 Å². The minimum atomic E-state index is 0.0185. The molecule has 1 amide bonds. The zero-order valence-corrected chi connectivity index (χ0v) is 18.3. The highest BCUT2D eigenvalue weighted by Gasteiger charge is 2.24. The number of benzene rings is 2. The number of hydrogen-bond acceptors (Lipinski definition) is 4. The van der Waals surface area contributed by atoms with Crippen LogP contribution in [0.4, 0.5) is 5.69 Å². The molecule has 0 bridgehead atoms. The molecule has 0 aliphatic carbocycles. The van der Waals surface area contributed by atoms with Crippen LogP contribution < -0.4 is 14.4 Å². The van der Waals surface area contributed by atoms with Crippen molar-refractivity contribution in [3.8, 4) is 11.5 Å². The molecule has 0 N–H and O–H groups in total. The van der Waals surface area contributed by atoms with Crippen molar-refractivity contribution in [1.82, 2.24) is 4.90 Å². The molecule has 5 nitrogen and oxygen atoms in total. The van der Waals surface area contributed by atoms with Crippen LogP contribution in [0, 0.1) is 6.92 Å². The van der Waals surface area contributed by atoms with Crippen LogP contribution in [0.1, 0.15) is 29.3 Å². The Morgan fingerprint density at radius 2 is 1.89 bits per heavy atom. The van der Waals surface area contributed by atoms with Crippen molar-refractivity contribution in [2.75, 3.05) is 44.8 Å². The lowest BCUT2D eigenvalue weighted by Gasteiger charge is -2.36. The molecule has 0 unspecified atom stereocenters. The normalized spacial score (nSPS) is 14.1. The topological polar surface area (TPSA) is 42.0 Å². The van der Waals surface area contributed by atoms with E-state index < -0.39 is 0 Å². The van der Waals surface area contributed by atoms with Gasteiger partial charge in [-0.15, -0.1) is 0 Å². The molecule has 1 saturated heterocycles. The van der Waals surface area contributed by atoms with E-state index in [1.54, 1.807) is 13.2 Å². The van der Waals surface area contributed by atoms with Crippen LogP contribution in [0.15, 0.2) is 40.9 Å². The molecule has 0 aromatic heterocycles. The molecule has 0 spiro atoms. The maximum absolute atomic E-state index is 13.0. The van der Waals surface area contributed by atoms with Gasteiger partial charge in [-0.2, -0.15) is 0 Å². The van der Waals surface area contributed by atoms with Crippen LogP contribution >= 0.6 is 15.9 Å². The summed E-state index contributed by atoms with van der Waals surface area (Å²) < 4.78 is 11.9. The summed E-state index contributed by atoms with van der Waals surface area (Å²) in [4.78, 5) is 17.3. The van der Waals surface area contributed by atoms with E-state index in [0.29, 0.717) is 36.8 Å². The second-order valence-corrected chi connectivity index (χ2v) is 7.81. The second-order valence-electron chi connectivity index (χ2n) is 6.96. The lowest BCUT2D eigenvalue weighted by Crippen LogP contribution is -2.48. The van der Waals surface area contributed by atoms with Crippen LogP contribution in [0.2, 0.25) is 0 Å². The number of nitrogens with zero attached hydrogens (tertiary/aromatic N) is 2. The van der Waals surface area contributed by atoms with E-state index >= 15 is 0 Å². The number of halogens is 1. The number of anilines is 1. The third-order valence-electron chi connectivity index (χ3n) is 4.86. The Bertz CT molecular complexity index is 833. The first-order valence-corrected chi connectivity index (χ1v) is 10.4. The van der Waals surface area contributed by atoms with Crippen LogP contribution in [0.25, 0.3) is 0 Å². The Morgan fingerprint density at radius 3 is 2.54 bits per heavy atom. The van der Waals surface area contributed by atoms with E-state index in [1.165, 1.54) is 11.3 Å². The zero-order chi connectivity index (χ0) is 20.1. The van der Waals surface area contributed by atoms with Gasteiger partial charge in [0, 0.05) is 37.4 Å². The maximum Gasteiger partial charge on any atom is 0.254 e. The first-order chi connectivity index (χ1) is 13.5. The van der Waals surface area contributed by atoms with Gasteiger partial charge in [-0.3, -0.25) is 4.79 Å². The lowest BCUT2D eigenvalue weighted by atomic mass is 10.1. The molecule has 1 fully saturated rings. The molecular formula is C22H27BrN2O3. The van der Waals surface area contributed by atoms with Gasteiger partial charge in [-0.25, -0.2) is 0 Å². The van der Waals surface area contributed by atoms with Gasteiger partial charge in [-0.1, -0.05) is 19.1 Å². The Kier molecular flexibility index (Phi) is 6.83. The molecule has 150 valence electrons. The number of carbonyl (C=O) groups excluding carboxylic acids is 1. The third kappa shape index (κ3) is 4.61. The van der Waals surface area contributed by atoms with Crippen molar-refractivity contribution in [2.24, 2.45) is 0 Å². The van der Waals surface area contributed by atoms with Gasteiger partial charge in [0.1, 0.15) is 0 Å². The summed E-state index contributed by atoms with van der Waals surface area (Å²) in [5, 5.41) is 0. The molecule has 0 saturated carbocycles. The van der Waals surface area contributed by atoms with Crippen LogP contribution in [-0.4, -0.2) is 50.7 Å². The summed E-state index contributed by atoms with van der Waals surface area (Å²) in [6.45, 7) is 7.79. The molecule has 0 radical (unpaired) electrons. The van der Waals surface area contributed by atoms with E-state index in [0.717, 1.165) is 24.0 Å². The number of rotatable bonds is 6. The van der Waals surface area contributed by atoms with Crippen molar-refractivity contribution in [3.05, 3.63) is 52.0 Å². The van der Waals surface area contributed by atoms with E-state index in [4.69, 9.17) is 9.47 Å². The number of piperazine rings is 1. The first-order valence-electron chi connectivity index (χ1n) is 9.64. The first kappa shape index (κ1) is 20.5. The molecular weight excluding hydrogens is 420 g/mol. The highest BCUT2D eigenvalue weighted by atomic mass is 79.9. The Hall–Kier alpha value is -2.21.